The predicted molar refractivity (Wildman–Crippen MR) is 76.4 cm³/mol. The summed E-state index contributed by atoms with van der Waals surface area (Å²) < 4.78 is 5.44. The van der Waals surface area contributed by atoms with E-state index in [2.05, 4.69) is 13.8 Å². The third kappa shape index (κ3) is 2.83. The molecule has 0 aromatic heterocycles. The largest absolute Gasteiger partial charge is 0.494 e. The van der Waals surface area contributed by atoms with Crippen LogP contribution in [0.2, 0.25) is 0 Å². The van der Waals surface area contributed by atoms with E-state index in [-0.39, 0.29) is 11.4 Å². The van der Waals surface area contributed by atoms with E-state index >= 15 is 0 Å². The molecular weight excluding hydrogens is 240 g/mol. The van der Waals surface area contributed by atoms with Gasteiger partial charge in [-0.15, -0.1) is 0 Å². The highest BCUT2D eigenvalue weighted by molar-refractivity contribution is 5.96. The molecule has 0 saturated carbocycles. The van der Waals surface area contributed by atoms with Crippen LogP contribution in [0.1, 0.15) is 44.0 Å². The van der Waals surface area contributed by atoms with E-state index in [1.807, 2.05) is 11.8 Å². The highest BCUT2D eigenvalue weighted by Crippen LogP contribution is 2.31. The Hall–Kier alpha value is -1.71. The lowest BCUT2D eigenvalue weighted by atomic mass is 10.0. The Morgan fingerprint density at radius 2 is 2.16 bits per heavy atom. The predicted octanol–water partition coefficient (Wildman–Crippen LogP) is 2.68. The Morgan fingerprint density at radius 3 is 2.74 bits per heavy atom. The van der Waals surface area contributed by atoms with Gasteiger partial charge >= 0.3 is 0 Å². The van der Waals surface area contributed by atoms with Crippen molar-refractivity contribution in [1.29, 1.82) is 0 Å². The molecule has 1 aromatic rings. The number of carbonyl (C=O) groups is 1. The molecule has 1 aliphatic heterocycles. The van der Waals surface area contributed by atoms with Gasteiger partial charge in [-0.1, -0.05) is 0 Å². The number of ether oxygens (including phenoxy) is 1. The van der Waals surface area contributed by atoms with Gasteiger partial charge in [0.25, 0.3) is 5.91 Å². The molecule has 1 amide bonds. The lowest BCUT2D eigenvalue weighted by molar-refractivity contribution is 0.0651. The minimum Gasteiger partial charge on any atom is -0.494 e. The van der Waals surface area contributed by atoms with Gasteiger partial charge in [0.05, 0.1) is 6.61 Å². The first-order valence-corrected chi connectivity index (χ1v) is 6.79. The number of hydrogen-bond acceptors (Lipinski definition) is 3. The van der Waals surface area contributed by atoms with Gasteiger partial charge in [-0.3, -0.25) is 4.79 Å². The molecule has 0 atom stereocenters. The van der Waals surface area contributed by atoms with E-state index in [0.29, 0.717) is 23.6 Å². The Balaban J connectivity index is 2.28. The van der Waals surface area contributed by atoms with Crippen LogP contribution in [0, 0.1) is 0 Å². The normalized spacial score (nSPS) is 17.5. The van der Waals surface area contributed by atoms with Crippen LogP contribution in [0.25, 0.3) is 0 Å². The minimum atomic E-state index is -0.0759. The van der Waals surface area contributed by atoms with Crippen molar-refractivity contribution in [2.24, 2.45) is 0 Å². The molecular formula is C15H22N2O2. The number of nitrogens with zero attached hydrogens (tertiary/aromatic N) is 1. The van der Waals surface area contributed by atoms with Gasteiger partial charge in [-0.2, -0.15) is 0 Å². The summed E-state index contributed by atoms with van der Waals surface area (Å²) in [5, 5.41) is 0. The van der Waals surface area contributed by atoms with Crippen LogP contribution in [0.4, 0.5) is 5.69 Å². The molecule has 0 spiro atoms. The summed E-state index contributed by atoms with van der Waals surface area (Å²) in [5.74, 6) is 0.693. The van der Waals surface area contributed by atoms with Gasteiger partial charge in [-0.25, -0.2) is 0 Å². The molecule has 2 rings (SSSR count). The maximum Gasteiger partial charge on any atom is 0.254 e. The van der Waals surface area contributed by atoms with Crippen molar-refractivity contribution < 1.29 is 9.53 Å². The molecule has 19 heavy (non-hydrogen) atoms. The number of benzene rings is 1. The Morgan fingerprint density at radius 1 is 1.42 bits per heavy atom. The van der Waals surface area contributed by atoms with Gasteiger partial charge in [0.15, 0.2) is 0 Å². The SMILES string of the molecule is CCOc1cc(N)cc(C(=O)N2CCCC2(C)C)c1. The summed E-state index contributed by atoms with van der Waals surface area (Å²) in [7, 11) is 0. The molecule has 0 unspecified atom stereocenters. The molecule has 1 saturated heterocycles. The fourth-order valence-corrected chi connectivity index (χ4v) is 2.64. The van der Waals surface area contributed by atoms with E-state index < -0.39 is 0 Å². The average Bonchev–Trinajstić information content (AvgIpc) is 2.67. The standard InChI is InChI=1S/C15H22N2O2/c1-4-19-13-9-11(8-12(16)10-13)14(18)17-7-5-6-15(17,2)3/h8-10H,4-7,16H2,1-3H3. The van der Waals surface area contributed by atoms with Gasteiger partial charge in [0.1, 0.15) is 5.75 Å². The van der Waals surface area contributed by atoms with E-state index in [9.17, 15) is 4.79 Å². The number of nitrogen functional groups attached to an aromatic ring is 1. The van der Waals surface area contributed by atoms with E-state index in [1.165, 1.54) is 0 Å². The molecule has 4 heteroatoms. The molecule has 1 aliphatic rings. The van der Waals surface area contributed by atoms with Crippen LogP contribution < -0.4 is 10.5 Å². The van der Waals surface area contributed by atoms with Gasteiger partial charge in [-0.05, 0) is 45.7 Å². The summed E-state index contributed by atoms with van der Waals surface area (Å²) in [6.45, 7) is 7.49. The van der Waals surface area contributed by atoms with Crippen LogP contribution in [-0.2, 0) is 0 Å². The van der Waals surface area contributed by atoms with Gasteiger partial charge in [0.2, 0.25) is 0 Å². The van der Waals surface area contributed by atoms with Crippen LogP contribution in [0.3, 0.4) is 0 Å². The first-order valence-electron chi connectivity index (χ1n) is 6.79. The zero-order valence-electron chi connectivity index (χ0n) is 11.9. The van der Waals surface area contributed by atoms with Gasteiger partial charge < -0.3 is 15.4 Å². The van der Waals surface area contributed by atoms with Crippen molar-refractivity contribution in [3.8, 4) is 5.75 Å². The number of amides is 1. The highest BCUT2D eigenvalue weighted by Gasteiger charge is 2.35. The second-order valence-corrected chi connectivity index (χ2v) is 5.60. The van der Waals surface area contributed by atoms with Crippen LogP contribution in [0.15, 0.2) is 18.2 Å². The fourth-order valence-electron chi connectivity index (χ4n) is 2.64. The monoisotopic (exact) mass is 262 g/mol. The maximum absolute atomic E-state index is 12.6. The summed E-state index contributed by atoms with van der Waals surface area (Å²) >= 11 is 0. The first kappa shape index (κ1) is 13.7. The van der Waals surface area contributed by atoms with Crippen molar-refractivity contribution >= 4 is 11.6 Å². The van der Waals surface area contributed by atoms with Crippen molar-refractivity contribution in [2.75, 3.05) is 18.9 Å². The second kappa shape index (κ2) is 5.11. The Kier molecular flexibility index (Phi) is 3.69. The van der Waals surface area contributed by atoms with E-state index in [4.69, 9.17) is 10.5 Å². The van der Waals surface area contributed by atoms with Crippen molar-refractivity contribution in [2.45, 2.75) is 39.2 Å². The second-order valence-electron chi connectivity index (χ2n) is 5.60. The lowest BCUT2D eigenvalue weighted by Gasteiger charge is -2.31. The zero-order valence-corrected chi connectivity index (χ0v) is 11.9. The number of carbonyl (C=O) groups excluding carboxylic acids is 1. The van der Waals surface area contributed by atoms with Gasteiger partial charge in [0, 0.05) is 29.4 Å². The summed E-state index contributed by atoms with van der Waals surface area (Å²) in [4.78, 5) is 14.5. The zero-order chi connectivity index (χ0) is 14.0. The molecule has 4 nitrogen and oxygen atoms in total. The Bertz CT molecular complexity index is 483. The highest BCUT2D eigenvalue weighted by atomic mass is 16.5. The number of nitrogens with two attached hydrogens (primary N) is 1. The third-order valence-electron chi connectivity index (χ3n) is 3.63. The number of anilines is 1. The first-order chi connectivity index (χ1) is 8.94. The minimum absolute atomic E-state index is 0.0377. The average molecular weight is 262 g/mol. The van der Waals surface area contributed by atoms with Crippen molar-refractivity contribution in [3.63, 3.8) is 0 Å². The van der Waals surface area contributed by atoms with Crippen LogP contribution in [-0.4, -0.2) is 29.5 Å². The maximum atomic E-state index is 12.6. The molecule has 1 heterocycles. The van der Waals surface area contributed by atoms with E-state index in [0.717, 1.165) is 19.4 Å². The molecule has 1 aromatic carbocycles. The third-order valence-corrected chi connectivity index (χ3v) is 3.63. The number of hydrogen-bond donors (Lipinski definition) is 1. The number of likely N-dealkylation sites (tertiary alicyclic amines) is 1. The quantitative estimate of drug-likeness (QED) is 0.852. The van der Waals surface area contributed by atoms with Crippen molar-refractivity contribution in [1.82, 2.24) is 4.90 Å². The Labute approximate surface area is 114 Å². The molecule has 104 valence electrons. The molecule has 2 N–H and O–H groups in total. The molecule has 0 bridgehead atoms. The smallest absolute Gasteiger partial charge is 0.254 e. The fraction of sp³-hybridized carbons (Fsp3) is 0.533. The number of rotatable bonds is 3. The summed E-state index contributed by atoms with van der Waals surface area (Å²) in [5.41, 5.74) is 6.94. The van der Waals surface area contributed by atoms with Crippen LogP contribution in [0.5, 0.6) is 5.75 Å². The topological polar surface area (TPSA) is 55.6 Å². The van der Waals surface area contributed by atoms with E-state index in [1.54, 1.807) is 18.2 Å². The van der Waals surface area contributed by atoms with Crippen LogP contribution >= 0.6 is 0 Å². The molecule has 1 fully saturated rings. The summed E-state index contributed by atoms with van der Waals surface area (Å²) in [6, 6.07) is 5.24. The molecule has 0 radical (unpaired) electrons. The lowest BCUT2D eigenvalue weighted by Crippen LogP contribution is -2.42. The summed E-state index contributed by atoms with van der Waals surface area (Å²) in [6.07, 6.45) is 2.10. The molecule has 0 aliphatic carbocycles. The van der Waals surface area contributed by atoms with Crippen molar-refractivity contribution in [3.05, 3.63) is 23.8 Å².